The van der Waals surface area contributed by atoms with Crippen molar-refractivity contribution >= 4 is 17.5 Å². The number of H-pyrrole nitrogens is 1. The lowest BCUT2D eigenvalue weighted by Gasteiger charge is -2.40. The van der Waals surface area contributed by atoms with Crippen LogP contribution in [0.1, 0.15) is 66.6 Å². The third-order valence-corrected chi connectivity index (χ3v) is 6.71. The van der Waals surface area contributed by atoms with Crippen molar-refractivity contribution in [2.45, 2.75) is 56.7 Å². The van der Waals surface area contributed by atoms with Crippen LogP contribution in [0.15, 0.2) is 30.3 Å². The van der Waals surface area contributed by atoms with E-state index in [1.807, 2.05) is 35.2 Å². The first-order chi connectivity index (χ1) is 14.7. The second-order valence-corrected chi connectivity index (χ2v) is 10.1. The molecule has 1 aromatic heterocycles. The third-order valence-electron chi connectivity index (χ3n) is 6.71. The highest BCUT2D eigenvalue weighted by molar-refractivity contribution is 6.02. The van der Waals surface area contributed by atoms with Crippen molar-refractivity contribution in [3.05, 3.63) is 47.3 Å². The van der Waals surface area contributed by atoms with E-state index in [-0.39, 0.29) is 22.8 Å². The molecule has 0 aliphatic carbocycles. The number of aromatic amines is 1. The Morgan fingerprint density at radius 1 is 1.16 bits per heavy atom. The van der Waals surface area contributed by atoms with Gasteiger partial charge in [-0.25, -0.2) is 0 Å². The SMILES string of the molecule is CC(C)(C)c1cc(C(=O)N2CCC3(CC2)CC2(CO3)NC(=O)c3ccccc3N2)n[nH]1. The van der Waals surface area contributed by atoms with E-state index in [2.05, 4.69) is 41.6 Å². The number of nitrogens with zero attached hydrogens (tertiary/aromatic N) is 2. The van der Waals surface area contributed by atoms with Crippen molar-refractivity contribution in [2.75, 3.05) is 25.0 Å². The van der Waals surface area contributed by atoms with Gasteiger partial charge in [0, 0.05) is 36.3 Å². The Hall–Kier alpha value is -2.87. The molecule has 164 valence electrons. The quantitative estimate of drug-likeness (QED) is 0.655. The van der Waals surface area contributed by atoms with E-state index >= 15 is 0 Å². The largest absolute Gasteiger partial charge is 0.370 e. The van der Waals surface area contributed by atoms with Gasteiger partial charge in [0.05, 0.1) is 17.8 Å². The molecule has 8 nitrogen and oxygen atoms in total. The number of aromatic nitrogens is 2. The number of carbonyl (C=O) groups is 2. The number of benzene rings is 1. The first-order valence-electron chi connectivity index (χ1n) is 10.9. The number of para-hydroxylation sites is 1. The number of ether oxygens (including phenoxy) is 1. The Kier molecular flexibility index (Phi) is 4.41. The molecule has 31 heavy (non-hydrogen) atoms. The molecule has 2 saturated heterocycles. The molecule has 1 aromatic carbocycles. The van der Waals surface area contributed by atoms with E-state index < -0.39 is 5.66 Å². The lowest BCUT2D eigenvalue weighted by Crippen LogP contribution is -2.59. The van der Waals surface area contributed by atoms with Crippen LogP contribution >= 0.6 is 0 Å². The summed E-state index contributed by atoms with van der Waals surface area (Å²) in [5.74, 6) is -0.122. The molecule has 2 spiro atoms. The molecular formula is C23H29N5O3. The van der Waals surface area contributed by atoms with Crippen LogP contribution in [0.5, 0.6) is 0 Å². The highest BCUT2D eigenvalue weighted by Gasteiger charge is 2.53. The lowest BCUT2D eigenvalue weighted by molar-refractivity contribution is -0.0394. The zero-order valence-electron chi connectivity index (χ0n) is 18.2. The zero-order chi connectivity index (χ0) is 21.9. The molecular weight excluding hydrogens is 394 g/mol. The first-order valence-corrected chi connectivity index (χ1v) is 10.9. The van der Waals surface area contributed by atoms with Crippen LogP contribution in [0.3, 0.4) is 0 Å². The third kappa shape index (κ3) is 3.48. The van der Waals surface area contributed by atoms with Gasteiger partial charge in [-0.15, -0.1) is 0 Å². The van der Waals surface area contributed by atoms with E-state index in [1.165, 1.54) is 0 Å². The second-order valence-electron chi connectivity index (χ2n) is 10.1. The van der Waals surface area contributed by atoms with E-state index in [4.69, 9.17) is 4.74 Å². The molecule has 0 saturated carbocycles. The van der Waals surface area contributed by atoms with Gasteiger partial charge in [-0.05, 0) is 31.0 Å². The second kappa shape index (κ2) is 6.82. The van der Waals surface area contributed by atoms with Crippen LogP contribution < -0.4 is 10.6 Å². The number of carbonyl (C=O) groups excluding carboxylic acids is 2. The van der Waals surface area contributed by atoms with Gasteiger partial charge >= 0.3 is 0 Å². The summed E-state index contributed by atoms with van der Waals surface area (Å²) in [6.07, 6.45) is 2.14. The predicted molar refractivity (Wildman–Crippen MR) is 116 cm³/mol. The van der Waals surface area contributed by atoms with E-state index in [9.17, 15) is 9.59 Å². The molecule has 2 fully saturated rings. The Labute approximate surface area is 181 Å². The molecule has 3 aliphatic heterocycles. The van der Waals surface area contributed by atoms with E-state index in [1.54, 1.807) is 0 Å². The number of nitrogens with one attached hydrogen (secondary N) is 3. The van der Waals surface area contributed by atoms with Crippen LogP contribution in [0.2, 0.25) is 0 Å². The molecule has 4 heterocycles. The summed E-state index contributed by atoms with van der Waals surface area (Å²) in [5.41, 5.74) is 1.88. The minimum Gasteiger partial charge on any atom is -0.370 e. The summed E-state index contributed by atoms with van der Waals surface area (Å²) in [5, 5.41) is 13.9. The maximum Gasteiger partial charge on any atom is 0.274 e. The smallest absolute Gasteiger partial charge is 0.274 e. The minimum absolute atomic E-state index is 0.0488. The average Bonchev–Trinajstić information content (AvgIpc) is 3.35. The molecule has 1 unspecified atom stereocenters. The van der Waals surface area contributed by atoms with Crippen molar-refractivity contribution in [1.82, 2.24) is 20.4 Å². The summed E-state index contributed by atoms with van der Waals surface area (Å²) in [6, 6.07) is 9.39. The Balaban J connectivity index is 1.25. The van der Waals surface area contributed by atoms with Gasteiger partial charge in [0.15, 0.2) is 0 Å². The van der Waals surface area contributed by atoms with E-state index in [0.717, 1.165) is 24.2 Å². The minimum atomic E-state index is -0.596. The highest BCUT2D eigenvalue weighted by Crippen LogP contribution is 2.43. The molecule has 1 atom stereocenters. The number of hydrogen-bond acceptors (Lipinski definition) is 5. The summed E-state index contributed by atoms with van der Waals surface area (Å²) >= 11 is 0. The summed E-state index contributed by atoms with van der Waals surface area (Å²) < 4.78 is 6.28. The van der Waals surface area contributed by atoms with Gasteiger partial charge in [0.2, 0.25) is 0 Å². The molecule has 0 bridgehead atoms. The van der Waals surface area contributed by atoms with Crippen LogP contribution in [-0.2, 0) is 10.2 Å². The van der Waals surface area contributed by atoms with E-state index in [0.29, 0.717) is 37.4 Å². The van der Waals surface area contributed by atoms with Crippen LogP contribution in [-0.4, -0.2) is 57.9 Å². The van der Waals surface area contributed by atoms with Crippen molar-refractivity contribution in [3.63, 3.8) is 0 Å². The fourth-order valence-corrected chi connectivity index (χ4v) is 4.87. The molecule has 8 heteroatoms. The maximum absolute atomic E-state index is 13.0. The number of rotatable bonds is 1. The van der Waals surface area contributed by atoms with Gasteiger partial charge in [0.25, 0.3) is 11.8 Å². The molecule has 2 aromatic rings. The number of anilines is 1. The number of fused-ring (bicyclic) bond motifs is 1. The molecule has 3 aliphatic rings. The summed E-state index contributed by atoms with van der Waals surface area (Å²) in [4.78, 5) is 27.4. The number of hydrogen-bond donors (Lipinski definition) is 3. The predicted octanol–water partition coefficient (Wildman–Crippen LogP) is 2.65. The number of piperidine rings is 1. The topological polar surface area (TPSA) is 99.3 Å². The van der Waals surface area contributed by atoms with Gasteiger partial charge < -0.3 is 20.3 Å². The fourth-order valence-electron chi connectivity index (χ4n) is 4.87. The van der Waals surface area contributed by atoms with Crippen LogP contribution in [0.25, 0.3) is 0 Å². The van der Waals surface area contributed by atoms with Crippen LogP contribution in [0, 0.1) is 0 Å². The summed E-state index contributed by atoms with van der Waals surface area (Å²) in [6.45, 7) is 7.89. The molecule has 0 radical (unpaired) electrons. The monoisotopic (exact) mass is 423 g/mol. The van der Waals surface area contributed by atoms with Crippen molar-refractivity contribution in [2.24, 2.45) is 0 Å². The van der Waals surface area contributed by atoms with Gasteiger partial charge in [-0.1, -0.05) is 32.9 Å². The molecule has 3 N–H and O–H groups in total. The number of likely N-dealkylation sites (tertiary alicyclic amines) is 1. The highest BCUT2D eigenvalue weighted by atomic mass is 16.5. The van der Waals surface area contributed by atoms with Crippen molar-refractivity contribution in [1.29, 1.82) is 0 Å². The average molecular weight is 424 g/mol. The van der Waals surface area contributed by atoms with Crippen LogP contribution in [0.4, 0.5) is 5.69 Å². The number of amides is 2. The normalized spacial score (nSPS) is 24.7. The zero-order valence-corrected chi connectivity index (χ0v) is 18.2. The Morgan fingerprint density at radius 2 is 1.90 bits per heavy atom. The fraction of sp³-hybridized carbons (Fsp3) is 0.522. The lowest BCUT2D eigenvalue weighted by atomic mass is 9.84. The summed E-state index contributed by atoms with van der Waals surface area (Å²) in [7, 11) is 0. The Bertz CT molecular complexity index is 1030. The van der Waals surface area contributed by atoms with Gasteiger partial charge in [-0.3, -0.25) is 14.7 Å². The van der Waals surface area contributed by atoms with Gasteiger partial charge in [0.1, 0.15) is 11.4 Å². The van der Waals surface area contributed by atoms with Crippen molar-refractivity contribution in [3.8, 4) is 0 Å². The Morgan fingerprint density at radius 3 is 2.61 bits per heavy atom. The van der Waals surface area contributed by atoms with Crippen molar-refractivity contribution < 1.29 is 14.3 Å². The molecule has 2 amide bonds. The first kappa shape index (κ1) is 20.1. The molecule has 5 rings (SSSR count). The maximum atomic E-state index is 13.0. The van der Waals surface area contributed by atoms with Gasteiger partial charge in [-0.2, -0.15) is 5.10 Å². The standard InChI is InChI=1S/C23H29N5O3/c1-21(2,3)18-12-17(26-27-18)20(30)28-10-8-22(9-11-28)13-23(14-31-22)24-16-7-5-4-6-15(16)19(29)25-23/h4-7,12,24H,8-11,13-14H2,1-3H3,(H,25,29)(H,26,27).